The van der Waals surface area contributed by atoms with Crippen LogP contribution in [0.3, 0.4) is 0 Å². The minimum absolute atomic E-state index is 0.0102. The highest BCUT2D eigenvalue weighted by Gasteiger charge is 2.55. The second-order valence-electron chi connectivity index (χ2n) is 13.9. The van der Waals surface area contributed by atoms with Gasteiger partial charge in [0.25, 0.3) is 0 Å². The number of carbonyl (C=O) groups excluding carboxylic acids is 2. The van der Waals surface area contributed by atoms with Gasteiger partial charge in [0, 0.05) is 31.6 Å². The molecular weight excluding hydrogens is 620 g/mol. The molecule has 1 aliphatic carbocycles. The molecule has 0 aromatic rings. The number of rotatable bonds is 12. The van der Waals surface area contributed by atoms with Crippen molar-refractivity contribution in [3.8, 4) is 0 Å². The first-order valence-corrected chi connectivity index (χ1v) is 16.1. The number of carbonyl (C=O) groups is 2. The first-order chi connectivity index (χ1) is 21.9. The van der Waals surface area contributed by atoms with Crippen LogP contribution in [-0.2, 0) is 23.7 Å². The third-order valence-electron chi connectivity index (χ3n) is 8.68. The van der Waals surface area contributed by atoms with E-state index >= 15 is 0 Å². The van der Waals surface area contributed by atoms with E-state index in [4.69, 9.17) is 41.3 Å². The summed E-state index contributed by atoms with van der Waals surface area (Å²) in [4.78, 5) is 26.9. The zero-order valence-electron chi connectivity index (χ0n) is 27.9. The summed E-state index contributed by atoms with van der Waals surface area (Å²) in [6, 6.07) is -3.55. The maximum atomic E-state index is 12.9. The average Bonchev–Trinajstić information content (AvgIpc) is 2.96. The zero-order valence-corrected chi connectivity index (χ0v) is 27.9. The lowest BCUT2D eigenvalue weighted by molar-refractivity contribution is -0.305. The summed E-state index contributed by atoms with van der Waals surface area (Å²) < 4.78 is 23.6. The molecule has 12 atom stereocenters. The first kappa shape index (κ1) is 39.3. The van der Waals surface area contributed by atoms with Crippen LogP contribution in [0.1, 0.15) is 47.0 Å². The number of nitrogens with two attached hydrogens (primary N) is 3. The Morgan fingerprint density at radius 1 is 1.21 bits per heavy atom. The van der Waals surface area contributed by atoms with Gasteiger partial charge in [-0.05, 0) is 59.6 Å². The third-order valence-corrected chi connectivity index (χ3v) is 8.68. The molecule has 0 aromatic heterocycles. The lowest BCUT2D eigenvalue weighted by Crippen LogP contribution is -2.70. The average molecular weight is 677 g/mol. The summed E-state index contributed by atoms with van der Waals surface area (Å²) in [5.41, 5.74) is 16.0. The minimum Gasteiger partial charge on any atom is -0.492 e. The van der Waals surface area contributed by atoms with Gasteiger partial charge in [0.1, 0.15) is 41.4 Å². The minimum atomic E-state index is -1.73. The second-order valence-corrected chi connectivity index (χ2v) is 13.9. The maximum absolute atomic E-state index is 12.9. The van der Waals surface area contributed by atoms with Gasteiger partial charge in [-0.15, -0.1) is 0 Å². The first-order valence-electron chi connectivity index (χ1n) is 16.1. The highest BCUT2D eigenvalue weighted by molar-refractivity contribution is 5.80. The molecule has 47 heavy (non-hydrogen) atoms. The Morgan fingerprint density at radius 2 is 1.89 bits per heavy atom. The van der Waals surface area contributed by atoms with Crippen LogP contribution in [-0.4, -0.2) is 155 Å². The van der Waals surface area contributed by atoms with Crippen molar-refractivity contribution >= 4 is 12.0 Å². The van der Waals surface area contributed by atoms with Crippen LogP contribution in [0.4, 0.5) is 4.79 Å². The molecule has 2 aliphatic heterocycles. The number of likely N-dealkylation sites (N-methyl/N-ethyl adjacent to an activating group) is 1. The van der Waals surface area contributed by atoms with Crippen molar-refractivity contribution in [1.29, 1.82) is 0 Å². The van der Waals surface area contributed by atoms with E-state index in [0.29, 0.717) is 25.3 Å². The summed E-state index contributed by atoms with van der Waals surface area (Å²) >= 11 is 0. The monoisotopic (exact) mass is 676 g/mol. The predicted octanol–water partition coefficient (Wildman–Crippen LogP) is -3.44. The number of aliphatic hydroxyl groups excluding tert-OH is 4. The van der Waals surface area contributed by atoms with Crippen molar-refractivity contribution in [3.63, 3.8) is 0 Å². The Hall–Kier alpha value is -2.16. The number of amides is 2. The smallest absolute Gasteiger partial charge is 0.410 e. The largest absolute Gasteiger partial charge is 0.492 e. The van der Waals surface area contributed by atoms with E-state index in [0.717, 1.165) is 4.90 Å². The maximum Gasteiger partial charge on any atom is 0.410 e. The van der Waals surface area contributed by atoms with Gasteiger partial charge in [-0.1, -0.05) is 0 Å². The molecule has 1 saturated carbocycles. The number of aliphatic hydroxyl groups is 5. The topological polar surface area (TPSA) is 278 Å². The van der Waals surface area contributed by atoms with Gasteiger partial charge < -0.3 is 77.2 Å². The molecular formula is C30H56N6O11. The molecule has 3 aliphatic rings. The molecule has 2 fully saturated rings. The van der Waals surface area contributed by atoms with Gasteiger partial charge in [-0.3, -0.25) is 4.79 Å². The molecule has 272 valence electrons. The van der Waals surface area contributed by atoms with Crippen LogP contribution >= 0.6 is 0 Å². The Kier molecular flexibility index (Phi) is 13.8. The molecule has 2 amide bonds. The lowest BCUT2D eigenvalue weighted by Gasteiger charge is -2.51. The van der Waals surface area contributed by atoms with E-state index in [1.165, 1.54) is 14.0 Å². The standard InChI is InChI=1S/C30H56N6O11/c1-29(2,3)47-28(42)36(5)25-22(40)27(44-14-30(25,4)43)46-24-18(35-26(41)19(38)8-9-31)12-17(33)20(21(24)39)23-16(32)7-6-15(45-23)13-34-10-11-37/h6,16-25,27,34,37-40,43H,7-14,31-33H2,1-5H3,(H,35,41)/t16-,17+,18-,19-,20?,21+,22-,23+,24+,25-,27-,30+/m1/s1. The zero-order chi connectivity index (χ0) is 35.3. The molecule has 2 heterocycles. The summed E-state index contributed by atoms with van der Waals surface area (Å²) in [5, 5.41) is 59.7. The van der Waals surface area contributed by atoms with Crippen LogP contribution in [0, 0.1) is 5.92 Å². The van der Waals surface area contributed by atoms with Gasteiger partial charge >= 0.3 is 6.09 Å². The summed E-state index contributed by atoms with van der Waals surface area (Å²) in [6.45, 7) is 6.72. The predicted molar refractivity (Wildman–Crippen MR) is 168 cm³/mol. The van der Waals surface area contributed by atoms with E-state index in [9.17, 15) is 30.0 Å². The molecule has 0 radical (unpaired) electrons. The fraction of sp³-hybridized carbons (Fsp3) is 0.867. The fourth-order valence-corrected chi connectivity index (χ4v) is 6.42. The Bertz CT molecular complexity index is 1080. The molecule has 3 rings (SSSR count). The Balaban J connectivity index is 1.90. The normalized spacial score (nSPS) is 36.9. The SMILES string of the molecule is CN(C(=O)OC(C)(C)C)[C@@H]1[C@@H](O)[C@@H](O[C@H]2[C@H](NC(=O)[C@H](O)CCN)C[C@H](N)C([C@H]3OC(CNCCO)=CC[C@H]3N)[C@@H]2O)OC[C@]1(C)O. The highest BCUT2D eigenvalue weighted by Crippen LogP contribution is 2.37. The van der Waals surface area contributed by atoms with Crippen molar-refractivity contribution in [2.45, 2.75) is 119 Å². The molecule has 1 saturated heterocycles. The number of hydrogen-bond acceptors (Lipinski definition) is 15. The molecule has 1 unspecified atom stereocenters. The van der Waals surface area contributed by atoms with Crippen LogP contribution in [0.2, 0.25) is 0 Å². The van der Waals surface area contributed by atoms with Crippen molar-refractivity contribution in [3.05, 3.63) is 11.8 Å². The molecule has 17 heteroatoms. The highest BCUT2D eigenvalue weighted by atomic mass is 16.7. The molecule has 17 nitrogen and oxygen atoms in total. The van der Waals surface area contributed by atoms with Crippen LogP contribution in [0.5, 0.6) is 0 Å². The summed E-state index contributed by atoms with van der Waals surface area (Å²) in [7, 11) is 1.37. The molecule has 13 N–H and O–H groups in total. The van der Waals surface area contributed by atoms with Gasteiger partial charge in [0.2, 0.25) is 5.91 Å². The Morgan fingerprint density at radius 3 is 2.51 bits per heavy atom. The van der Waals surface area contributed by atoms with E-state index in [-0.39, 0.29) is 32.6 Å². The van der Waals surface area contributed by atoms with Crippen molar-refractivity contribution < 1.29 is 54.1 Å². The third kappa shape index (κ3) is 9.95. The summed E-state index contributed by atoms with van der Waals surface area (Å²) in [6.07, 6.45) is -6.56. The molecule has 0 aromatic carbocycles. The quantitative estimate of drug-likeness (QED) is 0.0901. The van der Waals surface area contributed by atoms with E-state index in [2.05, 4.69) is 10.6 Å². The van der Waals surface area contributed by atoms with Crippen molar-refractivity contribution in [2.75, 3.05) is 39.9 Å². The van der Waals surface area contributed by atoms with Gasteiger partial charge in [0.15, 0.2) is 6.29 Å². The number of nitrogens with one attached hydrogen (secondary N) is 2. The van der Waals surface area contributed by atoms with E-state index in [1.54, 1.807) is 20.8 Å². The van der Waals surface area contributed by atoms with Crippen molar-refractivity contribution in [2.24, 2.45) is 23.1 Å². The summed E-state index contributed by atoms with van der Waals surface area (Å²) in [5.74, 6) is -1.01. The number of nitrogens with zero attached hydrogens (tertiary/aromatic N) is 1. The van der Waals surface area contributed by atoms with Crippen molar-refractivity contribution in [1.82, 2.24) is 15.5 Å². The van der Waals surface area contributed by atoms with E-state index < -0.39 is 90.1 Å². The fourth-order valence-electron chi connectivity index (χ4n) is 6.42. The lowest BCUT2D eigenvalue weighted by atomic mass is 9.72. The Labute approximate surface area is 275 Å². The van der Waals surface area contributed by atoms with E-state index in [1.807, 2.05) is 6.08 Å². The second kappa shape index (κ2) is 16.5. The van der Waals surface area contributed by atoms with Crippen LogP contribution in [0.15, 0.2) is 11.8 Å². The van der Waals surface area contributed by atoms with Gasteiger partial charge in [-0.25, -0.2) is 4.79 Å². The number of ether oxygens (including phenoxy) is 4. The number of hydrogen-bond donors (Lipinski definition) is 10. The van der Waals surface area contributed by atoms with Gasteiger partial charge in [0.05, 0.1) is 37.9 Å². The molecule has 0 bridgehead atoms. The van der Waals surface area contributed by atoms with Crippen LogP contribution in [0.25, 0.3) is 0 Å². The van der Waals surface area contributed by atoms with Gasteiger partial charge in [-0.2, -0.15) is 0 Å². The molecule has 0 spiro atoms. The van der Waals surface area contributed by atoms with Crippen LogP contribution < -0.4 is 27.8 Å².